The first-order chi connectivity index (χ1) is 10.1. The highest BCUT2D eigenvalue weighted by Crippen LogP contribution is 2.27. The smallest absolute Gasteiger partial charge is 0.319 e. The molecule has 0 unspecified atom stereocenters. The average Bonchev–Trinajstić information content (AvgIpc) is 2.47. The van der Waals surface area contributed by atoms with Crippen LogP contribution in [0.5, 0.6) is 5.75 Å². The van der Waals surface area contributed by atoms with Gasteiger partial charge in [0.2, 0.25) is 0 Å². The lowest BCUT2D eigenvalue weighted by Crippen LogP contribution is -2.28. The maximum atomic E-state index is 12.8. The van der Waals surface area contributed by atoms with Crippen LogP contribution in [-0.4, -0.2) is 13.1 Å². The lowest BCUT2D eigenvalue weighted by Gasteiger charge is -2.11. The fraction of sp³-hybridized carbons (Fsp3) is 0.133. The van der Waals surface area contributed by atoms with Crippen LogP contribution in [0.3, 0.4) is 0 Å². The van der Waals surface area contributed by atoms with Crippen LogP contribution in [0.25, 0.3) is 0 Å². The number of nitrogens with one attached hydrogen (secondary N) is 2. The van der Waals surface area contributed by atoms with Gasteiger partial charge >= 0.3 is 6.03 Å². The van der Waals surface area contributed by atoms with E-state index in [1.807, 2.05) is 0 Å². The quantitative estimate of drug-likeness (QED) is 0.902. The standard InChI is InChI=1S/C15H14ClFN2O2/c1-21-14-7-4-11(16)8-13(14)19-15(20)18-9-10-2-5-12(17)6-3-10/h2-8H,9H2,1H3,(H2,18,19,20). The minimum absolute atomic E-state index is 0.287. The van der Waals surface area contributed by atoms with E-state index in [1.54, 1.807) is 30.3 Å². The second-order valence-corrected chi connectivity index (χ2v) is 4.72. The fourth-order valence-electron chi connectivity index (χ4n) is 1.73. The Morgan fingerprint density at radius 3 is 2.62 bits per heavy atom. The molecule has 0 heterocycles. The summed E-state index contributed by atoms with van der Waals surface area (Å²) < 4.78 is 17.9. The van der Waals surface area contributed by atoms with Gasteiger partial charge in [-0.1, -0.05) is 23.7 Å². The Hall–Kier alpha value is -2.27. The van der Waals surface area contributed by atoms with Crippen LogP contribution in [0.2, 0.25) is 5.02 Å². The molecule has 0 aliphatic rings. The van der Waals surface area contributed by atoms with Gasteiger partial charge < -0.3 is 15.4 Å². The van der Waals surface area contributed by atoms with E-state index in [0.29, 0.717) is 16.5 Å². The van der Waals surface area contributed by atoms with Crippen LogP contribution in [0, 0.1) is 5.82 Å². The van der Waals surface area contributed by atoms with Crippen LogP contribution in [0.15, 0.2) is 42.5 Å². The van der Waals surface area contributed by atoms with Crippen LogP contribution in [0.1, 0.15) is 5.56 Å². The van der Waals surface area contributed by atoms with E-state index < -0.39 is 6.03 Å². The third-order valence-corrected chi connectivity index (χ3v) is 3.01. The van der Waals surface area contributed by atoms with Crippen LogP contribution >= 0.6 is 11.6 Å². The second-order valence-electron chi connectivity index (χ2n) is 4.28. The molecule has 0 aliphatic heterocycles. The third-order valence-electron chi connectivity index (χ3n) is 2.78. The van der Waals surface area contributed by atoms with Gasteiger partial charge in [-0.25, -0.2) is 9.18 Å². The van der Waals surface area contributed by atoms with Crippen molar-refractivity contribution >= 4 is 23.3 Å². The zero-order valence-electron chi connectivity index (χ0n) is 11.3. The van der Waals surface area contributed by atoms with Crippen molar-refractivity contribution in [3.05, 3.63) is 58.9 Å². The van der Waals surface area contributed by atoms with Crippen molar-refractivity contribution in [2.24, 2.45) is 0 Å². The van der Waals surface area contributed by atoms with Gasteiger partial charge in [0.25, 0.3) is 0 Å². The van der Waals surface area contributed by atoms with Crippen molar-refractivity contribution in [2.45, 2.75) is 6.54 Å². The number of hydrogen-bond donors (Lipinski definition) is 2. The van der Waals surface area contributed by atoms with E-state index in [9.17, 15) is 9.18 Å². The molecule has 0 aliphatic carbocycles. The molecule has 2 rings (SSSR count). The van der Waals surface area contributed by atoms with Crippen LogP contribution in [-0.2, 0) is 6.54 Å². The molecule has 0 spiro atoms. The van der Waals surface area contributed by atoms with E-state index in [4.69, 9.17) is 16.3 Å². The second kappa shape index (κ2) is 6.95. The Bertz CT molecular complexity index is 632. The summed E-state index contributed by atoms with van der Waals surface area (Å²) in [6, 6.07) is 10.4. The first-order valence-corrected chi connectivity index (χ1v) is 6.59. The molecular weight excluding hydrogens is 295 g/mol. The number of benzene rings is 2. The molecule has 0 bridgehead atoms. The monoisotopic (exact) mass is 308 g/mol. The summed E-state index contributed by atoms with van der Waals surface area (Å²) in [7, 11) is 1.50. The molecule has 0 aromatic heterocycles. The highest BCUT2D eigenvalue weighted by atomic mass is 35.5. The molecule has 0 fully saturated rings. The third kappa shape index (κ3) is 4.36. The lowest BCUT2D eigenvalue weighted by molar-refractivity contribution is 0.251. The van der Waals surface area contributed by atoms with Crippen molar-refractivity contribution in [1.29, 1.82) is 0 Å². The number of urea groups is 1. The fourth-order valence-corrected chi connectivity index (χ4v) is 1.90. The Morgan fingerprint density at radius 1 is 1.24 bits per heavy atom. The zero-order valence-corrected chi connectivity index (χ0v) is 12.1. The van der Waals surface area contributed by atoms with Crippen molar-refractivity contribution in [3.8, 4) is 5.75 Å². The molecular formula is C15H14ClFN2O2. The summed E-state index contributed by atoms with van der Waals surface area (Å²) in [6.07, 6.45) is 0. The van der Waals surface area contributed by atoms with E-state index in [0.717, 1.165) is 5.56 Å². The Kier molecular flexibility index (Phi) is 5.00. The Labute approximate surface area is 126 Å². The maximum Gasteiger partial charge on any atom is 0.319 e. The minimum Gasteiger partial charge on any atom is -0.495 e. The largest absolute Gasteiger partial charge is 0.495 e. The predicted octanol–water partition coefficient (Wildman–Crippen LogP) is 3.81. The highest BCUT2D eigenvalue weighted by molar-refractivity contribution is 6.31. The lowest BCUT2D eigenvalue weighted by atomic mass is 10.2. The molecule has 2 amide bonds. The zero-order chi connectivity index (χ0) is 15.2. The Morgan fingerprint density at radius 2 is 1.95 bits per heavy atom. The number of ether oxygens (including phenoxy) is 1. The summed E-state index contributed by atoms with van der Waals surface area (Å²) >= 11 is 5.88. The molecule has 0 atom stereocenters. The summed E-state index contributed by atoms with van der Waals surface area (Å²) in [5, 5.41) is 5.81. The molecule has 21 heavy (non-hydrogen) atoms. The van der Waals surface area contributed by atoms with Gasteiger partial charge in [-0.15, -0.1) is 0 Å². The van der Waals surface area contributed by atoms with E-state index in [-0.39, 0.29) is 12.4 Å². The molecule has 0 radical (unpaired) electrons. The van der Waals surface area contributed by atoms with Gasteiger partial charge in [-0.2, -0.15) is 0 Å². The topological polar surface area (TPSA) is 50.4 Å². The number of rotatable bonds is 4. The Balaban J connectivity index is 1.95. The van der Waals surface area contributed by atoms with Gasteiger partial charge in [0.05, 0.1) is 12.8 Å². The first-order valence-electron chi connectivity index (χ1n) is 6.21. The summed E-state index contributed by atoms with van der Waals surface area (Å²) in [6.45, 7) is 0.287. The van der Waals surface area contributed by atoms with Gasteiger partial charge in [0.1, 0.15) is 11.6 Å². The van der Waals surface area contributed by atoms with Gasteiger partial charge in [-0.3, -0.25) is 0 Å². The molecule has 110 valence electrons. The number of halogens is 2. The van der Waals surface area contributed by atoms with Crippen molar-refractivity contribution < 1.29 is 13.9 Å². The molecule has 0 saturated heterocycles. The summed E-state index contributed by atoms with van der Waals surface area (Å²) in [5.74, 6) is 0.197. The number of carbonyl (C=O) groups excluding carboxylic acids is 1. The van der Waals surface area contributed by atoms with Gasteiger partial charge in [0, 0.05) is 11.6 Å². The van der Waals surface area contributed by atoms with Crippen molar-refractivity contribution in [3.63, 3.8) is 0 Å². The molecule has 0 saturated carbocycles. The van der Waals surface area contributed by atoms with E-state index in [2.05, 4.69) is 10.6 Å². The van der Waals surface area contributed by atoms with E-state index in [1.165, 1.54) is 19.2 Å². The number of anilines is 1. The normalized spacial score (nSPS) is 10.0. The van der Waals surface area contributed by atoms with Crippen LogP contribution in [0.4, 0.5) is 14.9 Å². The molecule has 2 aromatic rings. The number of methoxy groups -OCH3 is 1. The van der Waals surface area contributed by atoms with E-state index >= 15 is 0 Å². The van der Waals surface area contributed by atoms with Crippen LogP contribution < -0.4 is 15.4 Å². The minimum atomic E-state index is -0.403. The number of carbonyl (C=O) groups is 1. The molecule has 6 heteroatoms. The maximum absolute atomic E-state index is 12.8. The van der Waals surface area contributed by atoms with Crippen molar-refractivity contribution in [1.82, 2.24) is 5.32 Å². The number of amides is 2. The molecule has 2 aromatic carbocycles. The summed E-state index contributed by atoms with van der Waals surface area (Å²) in [4.78, 5) is 11.8. The van der Waals surface area contributed by atoms with Gasteiger partial charge in [0.15, 0.2) is 0 Å². The molecule has 2 N–H and O–H groups in total. The number of hydrogen-bond acceptors (Lipinski definition) is 2. The first kappa shape index (κ1) is 15.1. The summed E-state index contributed by atoms with van der Waals surface area (Å²) in [5.41, 5.74) is 1.27. The van der Waals surface area contributed by atoms with Gasteiger partial charge in [-0.05, 0) is 35.9 Å². The predicted molar refractivity (Wildman–Crippen MR) is 80.3 cm³/mol. The highest BCUT2D eigenvalue weighted by Gasteiger charge is 2.08. The SMILES string of the molecule is COc1ccc(Cl)cc1NC(=O)NCc1ccc(F)cc1. The average molecular weight is 309 g/mol. The van der Waals surface area contributed by atoms with Crippen molar-refractivity contribution in [2.75, 3.05) is 12.4 Å². The molecule has 4 nitrogen and oxygen atoms in total.